The molecule has 0 saturated heterocycles. The molecule has 7 nitrogen and oxygen atoms in total. The lowest BCUT2D eigenvalue weighted by Crippen LogP contribution is -2.36. The fraction of sp³-hybridized carbons (Fsp3) is 0.750. The maximum absolute atomic E-state index is 9.10. The zero-order valence-electron chi connectivity index (χ0n) is 12.0. The van der Waals surface area contributed by atoms with Crippen LogP contribution in [-0.4, -0.2) is 38.3 Å². The molecule has 108 valence electrons. The molecule has 1 heterocycles. The van der Waals surface area contributed by atoms with Crippen LogP contribution in [0.3, 0.4) is 0 Å². The number of aliphatic hydroxyl groups excluding tert-OH is 1. The first kappa shape index (κ1) is 15.4. The summed E-state index contributed by atoms with van der Waals surface area (Å²) in [6.45, 7) is 7.88. The van der Waals surface area contributed by atoms with Gasteiger partial charge >= 0.3 is 6.01 Å². The molecule has 1 unspecified atom stereocenters. The number of hydrogen-bond acceptors (Lipinski definition) is 7. The number of anilines is 2. The van der Waals surface area contributed by atoms with Crippen LogP contribution < -0.4 is 15.8 Å². The van der Waals surface area contributed by atoms with Crippen LogP contribution in [-0.2, 0) is 0 Å². The third kappa shape index (κ3) is 4.86. The SMILES string of the molecule is CCC(C)(CCO)Nc1nc(N)nc(OC(C)C)n1. The molecular formula is C12H23N5O2. The first-order chi connectivity index (χ1) is 8.88. The Kier molecular flexibility index (Phi) is 5.29. The van der Waals surface area contributed by atoms with Crippen molar-refractivity contribution in [2.24, 2.45) is 0 Å². The van der Waals surface area contributed by atoms with E-state index in [2.05, 4.69) is 20.3 Å². The smallest absolute Gasteiger partial charge is 0.323 e. The van der Waals surface area contributed by atoms with Crippen molar-refractivity contribution in [3.8, 4) is 6.01 Å². The van der Waals surface area contributed by atoms with Crippen LogP contribution >= 0.6 is 0 Å². The van der Waals surface area contributed by atoms with Crippen molar-refractivity contribution >= 4 is 11.9 Å². The highest BCUT2D eigenvalue weighted by Crippen LogP contribution is 2.20. The largest absolute Gasteiger partial charge is 0.461 e. The van der Waals surface area contributed by atoms with E-state index in [9.17, 15) is 0 Å². The summed E-state index contributed by atoms with van der Waals surface area (Å²) >= 11 is 0. The average molecular weight is 269 g/mol. The average Bonchev–Trinajstić information content (AvgIpc) is 2.27. The maximum atomic E-state index is 9.10. The van der Waals surface area contributed by atoms with Crippen molar-refractivity contribution < 1.29 is 9.84 Å². The summed E-state index contributed by atoms with van der Waals surface area (Å²) in [5.74, 6) is 0.469. The molecule has 7 heteroatoms. The fourth-order valence-electron chi connectivity index (χ4n) is 1.54. The van der Waals surface area contributed by atoms with E-state index in [1.807, 2.05) is 27.7 Å². The third-order valence-corrected chi connectivity index (χ3v) is 2.83. The lowest BCUT2D eigenvalue weighted by atomic mass is 9.95. The Morgan fingerprint density at radius 3 is 2.58 bits per heavy atom. The second-order valence-electron chi connectivity index (χ2n) is 4.98. The number of rotatable bonds is 7. The Hall–Kier alpha value is -1.63. The molecule has 0 radical (unpaired) electrons. The number of nitrogens with one attached hydrogen (secondary N) is 1. The minimum absolute atomic E-state index is 0.0374. The summed E-state index contributed by atoms with van der Waals surface area (Å²) in [5, 5.41) is 12.3. The zero-order chi connectivity index (χ0) is 14.5. The predicted molar refractivity (Wildman–Crippen MR) is 74.0 cm³/mol. The highest BCUT2D eigenvalue weighted by Gasteiger charge is 2.23. The monoisotopic (exact) mass is 269 g/mol. The van der Waals surface area contributed by atoms with Crippen molar-refractivity contribution in [2.75, 3.05) is 17.7 Å². The quantitative estimate of drug-likeness (QED) is 0.683. The number of aromatic nitrogens is 3. The fourth-order valence-corrected chi connectivity index (χ4v) is 1.54. The van der Waals surface area contributed by atoms with Crippen LogP contribution in [0.2, 0.25) is 0 Å². The predicted octanol–water partition coefficient (Wildman–Crippen LogP) is 1.20. The van der Waals surface area contributed by atoms with Gasteiger partial charge in [-0.15, -0.1) is 0 Å². The van der Waals surface area contributed by atoms with E-state index in [0.717, 1.165) is 6.42 Å². The molecule has 0 aromatic carbocycles. The molecule has 0 aliphatic heterocycles. The summed E-state index contributed by atoms with van der Waals surface area (Å²) < 4.78 is 5.41. The van der Waals surface area contributed by atoms with Crippen molar-refractivity contribution in [1.29, 1.82) is 0 Å². The molecule has 1 atom stereocenters. The Labute approximate surface area is 113 Å². The Balaban J connectivity index is 2.90. The van der Waals surface area contributed by atoms with E-state index < -0.39 is 0 Å². The summed E-state index contributed by atoms with van der Waals surface area (Å²) in [4.78, 5) is 12.1. The van der Waals surface area contributed by atoms with Crippen molar-refractivity contribution in [3.63, 3.8) is 0 Å². The van der Waals surface area contributed by atoms with E-state index in [1.54, 1.807) is 0 Å². The zero-order valence-corrected chi connectivity index (χ0v) is 12.0. The van der Waals surface area contributed by atoms with Crippen LogP contribution in [0.4, 0.5) is 11.9 Å². The van der Waals surface area contributed by atoms with Crippen LogP contribution in [0.1, 0.15) is 40.5 Å². The molecule has 19 heavy (non-hydrogen) atoms. The van der Waals surface area contributed by atoms with Crippen molar-refractivity contribution in [1.82, 2.24) is 15.0 Å². The van der Waals surface area contributed by atoms with Gasteiger partial charge in [0.2, 0.25) is 11.9 Å². The van der Waals surface area contributed by atoms with Crippen LogP contribution in [0.15, 0.2) is 0 Å². The summed E-state index contributed by atoms with van der Waals surface area (Å²) in [5.41, 5.74) is 5.34. The molecule has 0 spiro atoms. The van der Waals surface area contributed by atoms with Crippen LogP contribution in [0.5, 0.6) is 6.01 Å². The Bertz CT molecular complexity index is 413. The minimum Gasteiger partial charge on any atom is -0.461 e. The van der Waals surface area contributed by atoms with Gasteiger partial charge in [-0.3, -0.25) is 0 Å². The summed E-state index contributed by atoms with van der Waals surface area (Å²) in [7, 11) is 0. The van der Waals surface area contributed by atoms with Gasteiger partial charge in [-0.25, -0.2) is 0 Å². The second-order valence-corrected chi connectivity index (χ2v) is 4.98. The molecule has 0 bridgehead atoms. The van der Waals surface area contributed by atoms with Gasteiger partial charge in [0.1, 0.15) is 0 Å². The van der Waals surface area contributed by atoms with Crippen molar-refractivity contribution in [2.45, 2.75) is 52.2 Å². The minimum atomic E-state index is -0.294. The van der Waals surface area contributed by atoms with Gasteiger partial charge in [-0.05, 0) is 33.6 Å². The third-order valence-electron chi connectivity index (χ3n) is 2.83. The van der Waals surface area contributed by atoms with Gasteiger partial charge in [0.15, 0.2) is 0 Å². The van der Waals surface area contributed by atoms with E-state index >= 15 is 0 Å². The van der Waals surface area contributed by atoms with Gasteiger partial charge in [-0.2, -0.15) is 15.0 Å². The Morgan fingerprint density at radius 1 is 1.37 bits per heavy atom. The summed E-state index contributed by atoms with van der Waals surface area (Å²) in [6, 6.07) is 0.201. The second kappa shape index (κ2) is 6.51. The number of aliphatic hydroxyl groups is 1. The molecule has 0 aliphatic carbocycles. The topological polar surface area (TPSA) is 106 Å². The first-order valence-corrected chi connectivity index (χ1v) is 6.46. The number of nitrogens with two attached hydrogens (primary N) is 1. The van der Waals surface area contributed by atoms with E-state index in [0.29, 0.717) is 12.4 Å². The first-order valence-electron chi connectivity index (χ1n) is 6.46. The Morgan fingerprint density at radius 2 is 2.05 bits per heavy atom. The van der Waals surface area contributed by atoms with Gasteiger partial charge < -0.3 is 20.9 Å². The molecule has 1 rings (SSSR count). The van der Waals surface area contributed by atoms with Gasteiger partial charge in [-0.1, -0.05) is 6.92 Å². The molecular weight excluding hydrogens is 246 g/mol. The molecule has 1 aromatic heterocycles. The molecule has 4 N–H and O–H groups in total. The molecule has 1 aromatic rings. The van der Waals surface area contributed by atoms with Gasteiger partial charge in [0, 0.05) is 12.1 Å². The molecule has 0 amide bonds. The number of nitrogen functional groups attached to an aromatic ring is 1. The number of ether oxygens (including phenoxy) is 1. The van der Waals surface area contributed by atoms with E-state index in [4.69, 9.17) is 15.6 Å². The summed E-state index contributed by atoms with van der Waals surface area (Å²) in [6.07, 6.45) is 1.37. The standard InChI is InChI=1S/C12H23N5O2/c1-5-12(4,6-7-18)17-10-14-9(13)15-11(16-10)19-8(2)3/h8,18H,5-7H2,1-4H3,(H3,13,14,15,16,17). The van der Waals surface area contributed by atoms with E-state index in [1.165, 1.54) is 0 Å². The van der Waals surface area contributed by atoms with E-state index in [-0.39, 0.29) is 30.2 Å². The number of nitrogens with zero attached hydrogens (tertiary/aromatic N) is 3. The molecule has 0 saturated carbocycles. The normalized spacial score (nSPS) is 14.2. The highest BCUT2D eigenvalue weighted by atomic mass is 16.5. The lowest BCUT2D eigenvalue weighted by Gasteiger charge is -2.28. The highest BCUT2D eigenvalue weighted by molar-refractivity contribution is 5.35. The molecule has 0 aliphatic rings. The van der Waals surface area contributed by atoms with Crippen LogP contribution in [0.25, 0.3) is 0 Å². The maximum Gasteiger partial charge on any atom is 0.323 e. The molecule has 0 fully saturated rings. The van der Waals surface area contributed by atoms with Crippen LogP contribution in [0, 0.1) is 0 Å². The van der Waals surface area contributed by atoms with Gasteiger partial charge in [0.25, 0.3) is 0 Å². The van der Waals surface area contributed by atoms with Gasteiger partial charge in [0.05, 0.1) is 6.10 Å². The lowest BCUT2D eigenvalue weighted by molar-refractivity contribution is 0.222. The van der Waals surface area contributed by atoms with Crippen molar-refractivity contribution in [3.05, 3.63) is 0 Å². The number of hydrogen-bond donors (Lipinski definition) is 3.